The third-order valence-corrected chi connectivity index (χ3v) is 10.4. The lowest BCUT2D eigenvalue weighted by molar-refractivity contribution is -0.494. The molecule has 2 unspecified atom stereocenters. The molecule has 14 nitrogen and oxygen atoms in total. The van der Waals surface area contributed by atoms with Crippen LogP contribution >= 0.6 is 35.2 Å². The number of esters is 1. The number of carbonyl (C=O) groups is 4. The van der Waals surface area contributed by atoms with Gasteiger partial charge in [0.25, 0.3) is 11.8 Å². The van der Waals surface area contributed by atoms with Crippen LogP contribution < -0.4 is 15.0 Å². The smallest absolute Gasteiger partial charge is 0.352 e. The Labute approximate surface area is 310 Å². The quantitative estimate of drug-likeness (QED) is 0.0557. The lowest BCUT2D eigenvalue weighted by atomic mass is 10.0. The van der Waals surface area contributed by atoms with E-state index in [0.717, 1.165) is 32.5 Å². The monoisotopic (exact) mass is 758 g/mol. The number of nitrogens with two attached hydrogens (primary N) is 1. The molecular formula is C35H32N7O7S3+. The van der Waals surface area contributed by atoms with Gasteiger partial charge in [0.15, 0.2) is 23.6 Å². The standard InChI is InChI=1S/C35H31N7O7S3/c1-2-48-39-26(30-38-35(36)51-40-30)31(44)37-27-32(45)42-28(34(46)47)23(20-50-33(27)42)14-10-16-25(43)49-29(21-11-5-3-6-12-21)22-13-9-15-24(19-22)52-41-17-7-4-8-18-41/h3-15,17-19,27,29,33H,2,16,20H2,1H3,(H3-,36,37,38,40,44,46,47)/p+1/t27?,29?,33-/m0/s1. The minimum absolute atomic E-state index is 0.0600. The highest BCUT2D eigenvalue weighted by Gasteiger charge is 2.54. The maximum absolute atomic E-state index is 13.2. The Bertz CT molecular complexity index is 2060. The number of carboxylic acids is 1. The Morgan fingerprint density at radius 3 is 2.60 bits per heavy atom. The summed E-state index contributed by atoms with van der Waals surface area (Å²) in [5.74, 6) is -3.09. The van der Waals surface area contributed by atoms with E-state index in [1.807, 2.05) is 89.2 Å². The molecule has 0 aliphatic carbocycles. The zero-order valence-electron chi connectivity index (χ0n) is 27.5. The third-order valence-electron chi connectivity index (χ3n) is 7.66. The number of thioether (sulfide) groups is 1. The van der Waals surface area contributed by atoms with E-state index in [4.69, 9.17) is 15.3 Å². The molecule has 0 bridgehead atoms. The Morgan fingerprint density at radius 1 is 1.13 bits per heavy atom. The van der Waals surface area contributed by atoms with Crippen LogP contribution in [0, 0.1) is 0 Å². The number of β-lactam (4-membered cyclic amide) rings is 1. The van der Waals surface area contributed by atoms with Crippen molar-refractivity contribution >= 4 is 69.8 Å². The molecule has 4 N–H and O–H groups in total. The topological polar surface area (TPSA) is 190 Å². The van der Waals surface area contributed by atoms with Crippen LogP contribution in [0.3, 0.4) is 0 Å². The SMILES string of the molecule is CCON=C(C(=O)NC1C(=O)N2C(C(=O)O)=C(C=CCC(=O)OC(c3ccccc3)c3cccc(S[n+]4ccccc4)c3)CS[C@@H]12)c1nsc(N)n1. The summed E-state index contributed by atoms with van der Waals surface area (Å²) in [6.07, 6.45) is 6.10. The van der Waals surface area contributed by atoms with Crippen LogP contribution in [0.15, 0.2) is 119 Å². The van der Waals surface area contributed by atoms with Crippen molar-refractivity contribution in [3.05, 3.63) is 126 Å². The first-order chi connectivity index (χ1) is 25.2. The second-order valence-corrected chi connectivity index (χ2v) is 14.1. The van der Waals surface area contributed by atoms with Gasteiger partial charge in [-0.15, -0.1) is 15.7 Å². The summed E-state index contributed by atoms with van der Waals surface area (Å²) in [6.45, 7) is 1.84. The number of anilines is 1. The van der Waals surface area contributed by atoms with E-state index >= 15 is 0 Å². The average molecular weight is 759 g/mol. The normalized spacial score (nSPS) is 17.7. The Morgan fingerprint density at radius 2 is 1.88 bits per heavy atom. The second kappa shape index (κ2) is 16.7. The Hall–Kier alpha value is -5.52. The number of hydrogen-bond acceptors (Lipinski definition) is 13. The predicted molar refractivity (Wildman–Crippen MR) is 195 cm³/mol. The zero-order valence-corrected chi connectivity index (χ0v) is 30.0. The lowest BCUT2D eigenvalue weighted by Gasteiger charge is -2.49. The molecule has 266 valence electrons. The van der Waals surface area contributed by atoms with Gasteiger partial charge in [-0.1, -0.05) is 65.8 Å². The first kappa shape index (κ1) is 36.3. The summed E-state index contributed by atoms with van der Waals surface area (Å²) in [7, 11) is 0. The molecule has 4 heterocycles. The van der Waals surface area contributed by atoms with Crippen LogP contribution in [0.4, 0.5) is 5.13 Å². The molecule has 2 amide bonds. The van der Waals surface area contributed by atoms with Crippen molar-refractivity contribution in [3.63, 3.8) is 0 Å². The van der Waals surface area contributed by atoms with Gasteiger partial charge in [-0.25, -0.2) is 4.79 Å². The average Bonchev–Trinajstić information content (AvgIpc) is 3.59. The summed E-state index contributed by atoms with van der Waals surface area (Å²) in [6, 6.07) is 21.9. The molecule has 3 atom stereocenters. The molecule has 0 spiro atoms. The van der Waals surface area contributed by atoms with Gasteiger partial charge in [-0.2, -0.15) is 9.36 Å². The van der Waals surface area contributed by atoms with Gasteiger partial charge in [0, 0.05) is 29.4 Å². The number of nitrogens with zero attached hydrogens (tertiary/aromatic N) is 5. The van der Waals surface area contributed by atoms with Gasteiger partial charge in [0.05, 0.1) is 11.3 Å². The number of ether oxygens (including phenoxy) is 1. The van der Waals surface area contributed by atoms with Crippen LogP contribution in [0.2, 0.25) is 0 Å². The number of oxime groups is 1. The Kier molecular flexibility index (Phi) is 11.6. The van der Waals surface area contributed by atoms with E-state index < -0.39 is 41.3 Å². The number of hydrogen-bond donors (Lipinski definition) is 3. The first-order valence-corrected chi connectivity index (χ1v) is 18.5. The number of carbonyl (C=O) groups excluding carboxylic acids is 3. The minimum Gasteiger partial charge on any atom is -0.477 e. The van der Waals surface area contributed by atoms with E-state index in [9.17, 15) is 24.3 Å². The van der Waals surface area contributed by atoms with Crippen molar-refractivity contribution in [2.75, 3.05) is 18.1 Å². The summed E-state index contributed by atoms with van der Waals surface area (Å²) in [5.41, 5.74) is 7.08. The van der Waals surface area contributed by atoms with Gasteiger partial charge >= 0.3 is 11.9 Å². The number of fused-ring (bicyclic) bond motifs is 1. The second-order valence-electron chi connectivity index (χ2n) is 11.1. The summed E-state index contributed by atoms with van der Waals surface area (Å²) in [5, 5.41) is 15.9. The van der Waals surface area contributed by atoms with Crippen molar-refractivity contribution in [3.8, 4) is 0 Å². The number of nitrogen functional groups attached to an aromatic ring is 1. The number of benzene rings is 2. The molecule has 6 rings (SSSR count). The van der Waals surface area contributed by atoms with Gasteiger partial charge < -0.3 is 25.7 Å². The number of rotatable bonds is 14. The van der Waals surface area contributed by atoms with Crippen LogP contribution in [0.1, 0.15) is 36.4 Å². The minimum atomic E-state index is -1.32. The van der Waals surface area contributed by atoms with Crippen LogP contribution in [-0.4, -0.2) is 72.6 Å². The Balaban J connectivity index is 1.13. The van der Waals surface area contributed by atoms with Crippen molar-refractivity contribution in [2.45, 2.75) is 35.8 Å². The number of aliphatic carboxylic acids is 1. The molecule has 1 saturated heterocycles. The molecule has 0 saturated carbocycles. The number of nitrogens with one attached hydrogen (secondary N) is 1. The van der Waals surface area contributed by atoms with Crippen LogP contribution in [-0.2, 0) is 28.8 Å². The number of pyridine rings is 1. The maximum Gasteiger partial charge on any atom is 0.352 e. The van der Waals surface area contributed by atoms with Crippen LogP contribution in [0.5, 0.6) is 0 Å². The number of carboxylic acid groups (broad SMARTS) is 1. The molecule has 17 heteroatoms. The molecule has 2 aliphatic rings. The fourth-order valence-corrected chi connectivity index (χ4v) is 7.95. The van der Waals surface area contributed by atoms with Gasteiger partial charge in [0.1, 0.15) is 23.7 Å². The van der Waals surface area contributed by atoms with Crippen LogP contribution in [0.25, 0.3) is 0 Å². The number of aromatic nitrogens is 3. The van der Waals surface area contributed by atoms with Crippen molar-refractivity contribution in [1.82, 2.24) is 19.6 Å². The highest BCUT2D eigenvalue weighted by molar-refractivity contribution is 8.00. The highest BCUT2D eigenvalue weighted by atomic mass is 32.2. The molecular weight excluding hydrogens is 727 g/mol. The molecule has 1 fully saturated rings. The predicted octanol–water partition coefficient (Wildman–Crippen LogP) is 3.72. The fraction of sp³-hybridized carbons (Fsp3) is 0.200. The third kappa shape index (κ3) is 8.33. The van der Waals surface area contributed by atoms with Gasteiger partial charge in [-0.05, 0) is 35.8 Å². The van der Waals surface area contributed by atoms with Crippen molar-refractivity contribution < 1.29 is 37.8 Å². The highest BCUT2D eigenvalue weighted by Crippen LogP contribution is 2.41. The largest absolute Gasteiger partial charge is 0.477 e. The summed E-state index contributed by atoms with van der Waals surface area (Å²) in [4.78, 5) is 63.1. The lowest BCUT2D eigenvalue weighted by Crippen LogP contribution is -2.71. The summed E-state index contributed by atoms with van der Waals surface area (Å²) >= 11 is 3.66. The molecule has 2 aliphatic heterocycles. The molecule has 4 aromatic rings. The van der Waals surface area contributed by atoms with E-state index in [1.165, 1.54) is 35.9 Å². The van der Waals surface area contributed by atoms with E-state index in [-0.39, 0.29) is 41.1 Å². The van der Waals surface area contributed by atoms with E-state index in [0.29, 0.717) is 5.57 Å². The zero-order chi connectivity index (χ0) is 36.6. The summed E-state index contributed by atoms with van der Waals surface area (Å²) < 4.78 is 12.0. The molecule has 52 heavy (non-hydrogen) atoms. The van der Waals surface area contributed by atoms with Crippen molar-refractivity contribution in [2.24, 2.45) is 5.16 Å². The fourth-order valence-electron chi connectivity index (χ4n) is 5.36. The molecule has 0 radical (unpaired) electrons. The van der Waals surface area contributed by atoms with Gasteiger partial charge in [-0.3, -0.25) is 19.3 Å². The van der Waals surface area contributed by atoms with E-state index in [2.05, 4.69) is 19.8 Å². The first-order valence-electron chi connectivity index (χ1n) is 15.9. The maximum atomic E-state index is 13.2. The van der Waals surface area contributed by atoms with Crippen molar-refractivity contribution in [1.29, 1.82) is 0 Å². The number of allylic oxidation sites excluding steroid dienone is 1. The van der Waals surface area contributed by atoms with E-state index in [1.54, 1.807) is 6.92 Å². The molecule has 2 aromatic carbocycles. The number of amides is 2. The molecule has 2 aromatic heterocycles. The van der Waals surface area contributed by atoms with Gasteiger partial charge in [0.2, 0.25) is 23.5 Å².